The van der Waals surface area contributed by atoms with Gasteiger partial charge in [0.15, 0.2) is 23.0 Å². The van der Waals surface area contributed by atoms with Crippen LogP contribution in [0, 0.1) is 6.92 Å². The van der Waals surface area contributed by atoms with E-state index in [4.69, 9.17) is 51.1 Å². The lowest BCUT2D eigenvalue weighted by atomic mass is 10.0. The van der Waals surface area contributed by atoms with E-state index in [9.17, 15) is 14.4 Å². The summed E-state index contributed by atoms with van der Waals surface area (Å²) in [5.74, 6) is 0.537. The largest absolute Gasteiger partial charge is 0.481 e. The maximum atomic E-state index is 14.0. The van der Waals surface area contributed by atoms with E-state index in [1.807, 2.05) is 25.1 Å². The van der Waals surface area contributed by atoms with E-state index in [1.54, 1.807) is 31.3 Å². The number of ether oxygens (including phenoxy) is 1. The van der Waals surface area contributed by atoms with Crippen molar-refractivity contribution in [3.8, 4) is 17.1 Å². The number of unbranched alkanes of at least 4 members (excludes halogenated alkanes) is 12. The molecule has 0 saturated carbocycles. The average Bonchev–Trinajstić information content (AvgIpc) is 3.51. The standard InChI is InChI=1S/C46H55Cl4N5O4/c1-4-6-7-8-9-10-11-12-13-14-15-16-17-19-32-20-18-21-35(26-32)59-41(5-2)45(57)51-34-22-23-36(48)39(29-34)52-44-43(54-25-24-40(56)31(3)30-54)46(58)55(53-44)42-37(49)27-33(47)28-38(42)50/h18,20-30,41,52-53H,4-17,19H2,1-3H3,(H,51,57). The van der Waals surface area contributed by atoms with Crippen LogP contribution in [0.5, 0.6) is 5.75 Å². The number of aryl methyl sites for hydroxylation is 2. The molecule has 3 N–H and O–H groups in total. The first kappa shape index (κ1) is 45.9. The number of aromatic amines is 1. The SMILES string of the molecule is CCCCCCCCCCCCCCCc1cccc(OC(CC)C(=O)Nc2ccc(Cl)c(Nc3[nH]n(-c4c(Cl)cc(Cl)cc4Cl)c(=O)c3-n3ccc(=O)c(C)c3)c2)c1. The second kappa shape index (κ2) is 23.0. The molecule has 316 valence electrons. The first-order valence-corrected chi connectivity index (χ1v) is 22.3. The summed E-state index contributed by atoms with van der Waals surface area (Å²) in [7, 11) is 0. The number of nitrogens with zero attached hydrogens (tertiary/aromatic N) is 2. The number of carbonyl (C=O) groups is 1. The van der Waals surface area contributed by atoms with Crippen LogP contribution in [0.15, 0.2) is 82.6 Å². The molecule has 5 rings (SSSR count). The lowest BCUT2D eigenvalue weighted by Gasteiger charge is -2.18. The molecule has 0 saturated heterocycles. The number of carbonyl (C=O) groups excluding carboxylic acids is 1. The van der Waals surface area contributed by atoms with E-state index in [-0.39, 0.29) is 38.6 Å². The van der Waals surface area contributed by atoms with Gasteiger partial charge in [-0.2, -0.15) is 0 Å². The summed E-state index contributed by atoms with van der Waals surface area (Å²) in [6, 6.07) is 17.3. The van der Waals surface area contributed by atoms with Crippen LogP contribution >= 0.6 is 46.4 Å². The van der Waals surface area contributed by atoms with Crippen molar-refractivity contribution >= 4 is 69.5 Å². The topological polar surface area (TPSA) is 110 Å². The number of aromatic nitrogens is 3. The minimum atomic E-state index is -0.747. The van der Waals surface area contributed by atoms with Crippen LogP contribution in [-0.2, 0) is 11.2 Å². The Hall–Kier alpha value is -4.15. The number of anilines is 3. The highest BCUT2D eigenvalue weighted by Crippen LogP contribution is 2.34. The fraction of sp³-hybridized carbons (Fsp3) is 0.413. The molecule has 0 radical (unpaired) electrons. The third kappa shape index (κ3) is 13.2. The molecule has 0 aliphatic rings. The van der Waals surface area contributed by atoms with Gasteiger partial charge in [0.1, 0.15) is 11.4 Å². The number of hydrogen-bond acceptors (Lipinski definition) is 5. The van der Waals surface area contributed by atoms with Crippen LogP contribution in [-0.4, -0.2) is 26.4 Å². The summed E-state index contributed by atoms with van der Waals surface area (Å²) >= 11 is 25.9. The van der Waals surface area contributed by atoms with Crippen molar-refractivity contribution in [2.75, 3.05) is 10.6 Å². The normalized spacial score (nSPS) is 11.8. The van der Waals surface area contributed by atoms with Gasteiger partial charge in [-0.3, -0.25) is 19.5 Å². The molecular formula is C46H55Cl4N5O4. The molecule has 0 bridgehead atoms. The lowest BCUT2D eigenvalue weighted by Crippen LogP contribution is -2.32. The number of hydrogen-bond donors (Lipinski definition) is 3. The lowest BCUT2D eigenvalue weighted by molar-refractivity contribution is -0.122. The zero-order chi connectivity index (χ0) is 42.3. The smallest absolute Gasteiger partial charge is 0.297 e. The zero-order valence-electron chi connectivity index (χ0n) is 34.2. The minimum absolute atomic E-state index is 0.122. The highest BCUT2D eigenvalue weighted by Gasteiger charge is 2.23. The molecule has 0 fully saturated rings. The van der Waals surface area contributed by atoms with Gasteiger partial charge in [-0.05, 0) is 74.2 Å². The highest BCUT2D eigenvalue weighted by atomic mass is 35.5. The van der Waals surface area contributed by atoms with Crippen molar-refractivity contribution in [1.29, 1.82) is 0 Å². The Kier molecular flexibility index (Phi) is 17.9. The van der Waals surface area contributed by atoms with Gasteiger partial charge in [-0.25, -0.2) is 4.68 Å². The number of H-pyrrole nitrogens is 1. The second-order valence-corrected chi connectivity index (χ2v) is 16.7. The Morgan fingerprint density at radius 3 is 2.03 bits per heavy atom. The Morgan fingerprint density at radius 1 is 0.763 bits per heavy atom. The first-order chi connectivity index (χ1) is 28.5. The second-order valence-electron chi connectivity index (χ2n) is 15.1. The summed E-state index contributed by atoms with van der Waals surface area (Å²) in [5.41, 5.74) is 2.02. The molecular weight excluding hydrogens is 828 g/mol. The third-order valence-corrected chi connectivity index (χ3v) is 11.5. The summed E-state index contributed by atoms with van der Waals surface area (Å²) in [6.07, 6.45) is 20.9. The molecule has 1 amide bonds. The zero-order valence-corrected chi connectivity index (χ0v) is 37.2. The maximum absolute atomic E-state index is 14.0. The number of amides is 1. The number of halogens is 4. The molecule has 13 heteroatoms. The van der Waals surface area contributed by atoms with E-state index in [2.05, 4.69) is 28.7 Å². The van der Waals surface area contributed by atoms with Crippen LogP contribution in [0.25, 0.3) is 11.4 Å². The Morgan fingerprint density at radius 2 is 1.41 bits per heavy atom. The molecule has 0 spiro atoms. The van der Waals surface area contributed by atoms with Crippen LogP contribution in [0.1, 0.15) is 115 Å². The monoisotopic (exact) mass is 881 g/mol. The molecule has 0 aliphatic heterocycles. The van der Waals surface area contributed by atoms with Crippen molar-refractivity contribution in [2.45, 2.75) is 123 Å². The van der Waals surface area contributed by atoms with Crippen molar-refractivity contribution in [3.05, 3.63) is 125 Å². The number of nitrogens with one attached hydrogen (secondary N) is 3. The Bertz CT molecular complexity index is 2260. The molecule has 2 heterocycles. The van der Waals surface area contributed by atoms with E-state index in [0.717, 1.165) is 12.8 Å². The van der Waals surface area contributed by atoms with E-state index in [1.165, 1.54) is 116 Å². The van der Waals surface area contributed by atoms with Crippen molar-refractivity contribution in [1.82, 2.24) is 14.3 Å². The van der Waals surface area contributed by atoms with Gasteiger partial charge >= 0.3 is 0 Å². The first-order valence-electron chi connectivity index (χ1n) is 20.8. The fourth-order valence-corrected chi connectivity index (χ4v) is 8.21. The summed E-state index contributed by atoms with van der Waals surface area (Å²) in [5, 5.41) is 10.1. The van der Waals surface area contributed by atoms with Gasteiger partial charge in [-0.15, -0.1) is 0 Å². The molecule has 3 aromatic carbocycles. The number of pyridine rings is 1. The van der Waals surface area contributed by atoms with Gasteiger partial charge in [0.05, 0.1) is 20.8 Å². The van der Waals surface area contributed by atoms with Crippen LogP contribution in [0.2, 0.25) is 20.1 Å². The summed E-state index contributed by atoms with van der Waals surface area (Å²) in [4.78, 5) is 39.9. The molecule has 59 heavy (non-hydrogen) atoms. The molecule has 5 aromatic rings. The van der Waals surface area contributed by atoms with Crippen LogP contribution < -0.4 is 26.4 Å². The van der Waals surface area contributed by atoms with E-state index < -0.39 is 11.7 Å². The summed E-state index contributed by atoms with van der Waals surface area (Å²) < 4.78 is 8.92. The number of benzene rings is 3. The van der Waals surface area contributed by atoms with Gasteiger partial charge in [-0.1, -0.05) is 149 Å². The van der Waals surface area contributed by atoms with Crippen molar-refractivity contribution in [2.24, 2.45) is 0 Å². The molecule has 1 unspecified atom stereocenters. The number of rotatable bonds is 23. The quantitative estimate of drug-likeness (QED) is 0.0566. The van der Waals surface area contributed by atoms with Crippen molar-refractivity contribution < 1.29 is 9.53 Å². The highest BCUT2D eigenvalue weighted by molar-refractivity contribution is 6.40. The molecule has 9 nitrogen and oxygen atoms in total. The van der Waals surface area contributed by atoms with Gasteiger partial charge in [0.2, 0.25) is 0 Å². The van der Waals surface area contributed by atoms with Gasteiger partial charge < -0.3 is 19.9 Å². The Labute approximate surface area is 367 Å². The van der Waals surface area contributed by atoms with Crippen LogP contribution in [0.3, 0.4) is 0 Å². The minimum Gasteiger partial charge on any atom is -0.481 e. The van der Waals surface area contributed by atoms with Crippen molar-refractivity contribution in [3.63, 3.8) is 0 Å². The molecule has 2 aromatic heterocycles. The van der Waals surface area contributed by atoms with Gasteiger partial charge in [0.25, 0.3) is 11.5 Å². The molecule has 0 aliphatic carbocycles. The summed E-state index contributed by atoms with van der Waals surface area (Å²) in [6.45, 7) is 5.82. The van der Waals surface area contributed by atoms with Gasteiger partial charge in [0, 0.05) is 34.7 Å². The van der Waals surface area contributed by atoms with Crippen LogP contribution in [0.4, 0.5) is 17.2 Å². The maximum Gasteiger partial charge on any atom is 0.297 e. The van der Waals surface area contributed by atoms with E-state index in [0.29, 0.717) is 39.2 Å². The fourth-order valence-electron chi connectivity index (χ4n) is 7.06. The predicted octanol–water partition coefficient (Wildman–Crippen LogP) is 13.4. The predicted molar refractivity (Wildman–Crippen MR) is 246 cm³/mol. The Balaban J connectivity index is 1.21. The van der Waals surface area contributed by atoms with E-state index >= 15 is 0 Å². The third-order valence-electron chi connectivity index (χ3n) is 10.3. The average molecular weight is 884 g/mol. The molecule has 1 atom stereocenters.